The van der Waals surface area contributed by atoms with Crippen LogP contribution in [0.3, 0.4) is 0 Å². The second kappa shape index (κ2) is 10.3. The van der Waals surface area contributed by atoms with Gasteiger partial charge in [0.1, 0.15) is 0 Å². The van der Waals surface area contributed by atoms with Gasteiger partial charge >= 0.3 is 15.3 Å². The van der Waals surface area contributed by atoms with Crippen LogP contribution in [-0.2, 0) is 18.4 Å². The van der Waals surface area contributed by atoms with E-state index in [2.05, 4.69) is 0 Å². The van der Waals surface area contributed by atoms with Crippen molar-refractivity contribution in [3.05, 3.63) is 12.2 Å². The van der Waals surface area contributed by atoms with Crippen molar-refractivity contribution in [3.63, 3.8) is 0 Å². The van der Waals surface area contributed by atoms with Gasteiger partial charge in [-0.05, 0) is 47.1 Å². The van der Waals surface area contributed by atoms with Crippen molar-refractivity contribution in [2.75, 3.05) is 6.61 Å². The first-order valence-electron chi connectivity index (χ1n) is 6.44. The van der Waals surface area contributed by atoms with Crippen LogP contribution in [0, 0.1) is 0 Å². The van der Waals surface area contributed by atoms with Crippen molar-refractivity contribution in [1.29, 1.82) is 0 Å². The lowest BCUT2D eigenvalue weighted by Crippen LogP contribution is -2.29. The first kappa shape index (κ1) is 17.3. The summed E-state index contributed by atoms with van der Waals surface area (Å²) in [5, 5.41) is 0. The van der Waals surface area contributed by atoms with Crippen LogP contribution in [0.25, 0.3) is 0 Å². The zero-order valence-electron chi connectivity index (χ0n) is 12.1. The molecule has 0 N–H and O–H groups in total. The summed E-state index contributed by atoms with van der Waals surface area (Å²) in [6.07, 6.45) is 4.20. The predicted molar refractivity (Wildman–Crippen MR) is 73.4 cm³/mol. The van der Waals surface area contributed by atoms with Gasteiger partial charge in [-0.15, -0.1) is 0 Å². The molecule has 0 aliphatic carbocycles. The van der Waals surface area contributed by atoms with E-state index < -0.39 is 9.28 Å². The van der Waals surface area contributed by atoms with Crippen molar-refractivity contribution < 1.29 is 18.4 Å². The molecule has 0 unspecified atom stereocenters. The molecule has 1 radical (unpaired) electrons. The summed E-state index contributed by atoms with van der Waals surface area (Å²) in [7, 11) is -1.26. The van der Waals surface area contributed by atoms with Crippen LogP contribution in [0.2, 0.25) is 6.04 Å². The smallest absolute Gasteiger partial charge is 0.385 e. The predicted octanol–water partition coefficient (Wildman–Crippen LogP) is 2.83. The molecule has 0 heterocycles. The standard InChI is InChI=1S/C13H25O4Si/c1-6-8-13(14)15-9-7-10-18(16-11(2)3)17-12(4)5/h6,8,11-12H,7,9-10H2,1-5H3. The maximum atomic E-state index is 11.1. The van der Waals surface area contributed by atoms with E-state index in [-0.39, 0.29) is 18.2 Å². The van der Waals surface area contributed by atoms with Crippen molar-refractivity contribution in [2.24, 2.45) is 0 Å². The quantitative estimate of drug-likeness (QED) is 0.280. The Balaban J connectivity index is 3.85. The monoisotopic (exact) mass is 273 g/mol. The van der Waals surface area contributed by atoms with Crippen molar-refractivity contribution in [3.8, 4) is 0 Å². The lowest BCUT2D eigenvalue weighted by Gasteiger charge is -2.19. The van der Waals surface area contributed by atoms with Crippen LogP contribution in [0.5, 0.6) is 0 Å². The number of hydrogen-bond donors (Lipinski definition) is 0. The Bertz CT molecular complexity index is 241. The Morgan fingerprint density at radius 1 is 1.17 bits per heavy atom. The first-order valence-corrected chi connectivity index (χ1v) is 7.96. The lowest BCUT2D eigenvalue weighted by molar-refractivity contribution is -0.137. The van der Waals surface area contributed by atoms with E-state index in [1.165, 1.54) is 6.08 Å². The Morgan fingerprint density at radius 3 is 2.17 bits per heavy atom. The molecule has 0 aromatic heterocycles. The Morgan fingerprint density at radius 2 is 1.72 bits per heavy atom. The summed E-state index contributed by atoms with van der Waals surface area (Å²) in [6.45, 7) is 10.2. The van der Waals surface area contributed by atoms with Crippen molar-refractivity contribution in [2.45, 2.75) is 59.3 Å². The number of ether oxygens (including phenoxy) is 1. The normalized spacial score (nSPS) is 12.0. The maximum Gasteiger partial charge on any atom is 0.385 e. The zero-order chi connectivity index (χ0) is 14.0. The van der Waals surface area contributed by atoms with Gasteiger partial charge in [0.05, 0.1) is 6.61 Å². The summed E-state index contributed by atoms with van der Waals surface area (Å²) in [6, 6.07) is 0.824. The van der Waals surface area contributed by atoms with Gasteiger partial charge in [-0.3, -0.25) is 0 Å². The Kier molecular flexibility index (Phi) is 9.91. The Hall–Kier alpha value is -0.653. The van der Waals surface area contributed by atoms with Crippen molar-refractivity contribution >= 4 is 15.3 Å². The van der Waals surface area contributed by atoms with Crippen LogP contribution in [0.15, 0.2) is 12.2 Å². The number of esters is 1. The number of carbonyl (C=O) groups excluding carboxylic acids is 1. The minimum atomic E-state index is -1.26. The molecule has 0 aliphatic rings. The second-order valence-corrected chi connectivity index (χ2v) is 6.19. The van der Waals surface area contributed by atoms with Gasteiger partial charge in [0, 0.05) is 18.3 Å². The minimum absolute atomic E-state index is 0.170. The zero-order valence-corrected chi connectivity index (χ0v) is 13.1. The summed E-state index contributed by atoms with van der Waals surface area (Å²) >= 11 is 0. The van der Waals surface area contributed by atoms with Gasteiger partial charge in [-0.2, -0.15) is 0 Å². The van der Waals surface area contributed by atoms with Gasteiger partial charge in [0.2, 0.25) is 0 Å². The van der Waals surface area contributed by atoms with Crippen LogP contribution in [0.4, 0.5) is 0 Å². The van der Waals surface area contributed by atoms with Crippen LogP contribution in [0.1, 0.15) is 41.0 Å². The number of hydrogen-bond acceptors (Lipinski definition) is 4. The SMILES string of the molecule is CC=CC(=O)OCCC[Si](OC(C)C)OC(C)C. The number of rotatable bonds is 9. The summed E-state index contributed by atoms with van der Waals surface area (Å²) in [5.74, 6) is -0.291. The molecule has 105 valence electrons. The molecule has 0 rings (SSSR count). The van der Waals surface area contributed by atoms with E-state index in [0.29, 0.717) is 6.61 Å². The van der Waals surface area contributed by atoms with E-state index >= 15 is 0 Å². The van der Waals surface area contributed by atoms with E-state index in [9.17, 15) is 4.79 Å². The second-order valence-electron chi connectivity index (χ2n) is 4.48. The fourth-order valence-corrected chi connectivity index (χ4v) is 3.02. The third-order valence-corrected chi connectivity index (χ3v) is 4.04. The first-order chi connectivity index (χ1) is 8.45. The molecular formula is C13H25O4Si. The summed E-state index contributed by atoms with van der Waals surface area (Å²) < 4.78 is 16.5. The third-order valence-electron chi connectivity index (χ3n) is 1.81. The number of allylic oxidation sites excluding steroid dienone is 1. The largest absolute Gasteiger partial charge is 0.463 e. The summed E-state index contributed by atoms with van der Waals surface area (Å²) in [5.41, 5.74) is 0. The minimum Gasteiger partial charge on any atom is -0.463 e. The third kappa shape index (κ3) is 10.5. The highest BCUT2D eigenvalue weighted by molar-refractivity contribution is 6.44. The molecule has 0 spiro atoms. The topological polar surface area (TPSA) is 44.8 Å². The average Bonchev–Trinajstić information content (AvgIpc) is 2.23. The van der Waals surface area contributed by atoms with E-state index in [1.54, 1.807) is 13.0 Å². The van der Waals surface area contributed by atoms with Gasteiger partial charge in [0.25, 0.3) is 0 Å². The summed E-state index contributed by atoms with van der Waals surface area (Å²) in [4.78, 5) is 11.1. The molecule has 4 nitrogen and oxygen atoms in total. The maximum absolute atomic E-state index is 11.1. The molecule has 5 heteroatoms. The molecule has 0 aliphatic heterocycles. The van der Waals surface area contributed by atoms with Crippen LogP contribution < -0.4 is 0 Å². The molecule has 0 bridgehead atoms. The number of carbonyl (C=O) groups is 1. The molecule has 0 aromatic rings. The fraction of sp³-hybridized carbons (Fsp3) is 0.769. The Labute approximate surface area is 112 Å². The van der Waals surface area contributed by atoms with E-state index in [0.717, 1.165) is 12.5 Å². The van der Waals surface area contributed by atoms with Crippen LogP contribution >= 0.6 is 0 Å². The highest BCUT2D eigenvalue weighted by atomic mass is 28.3. The highest BCUT2D eigenvalue weighted by Crippen LogP contribution is 2.07. The van der Waals surface area contributed by atoms with Gasteiger partial charge < -0.3 is 13.6 Å². The fourth-order valence-electron chi connectivity index (χ4n) is 1.24. The molecule has 0 amide bonds. The lowest BCUT2D eigenvalue weighted by atomic mass is 10.5. The molecule has 0 saturated carbocycles. The van der Waals surface area contributed by atoms with E-state index in [4.69, 9.17) is 13.6 Å². The molecule has 0 atom stereocenters. The highest BCUT2D eigenvalue weighted by Gasteiger charge is 2.19. The van der Waals surface area contributed by atoms with Crippen molar-refractivity contribution in [1.82, 2.24) is 0 Å². The average molecular weight is 273 g/mol. The molecule has 0 aromatic carbocycles. The van der Waals surface area contributed by atoms with Gasteiger partial charge in [-0.25, -0.2) is 4.79 Å². The molecule has 18 heavy (non-hydrogen) atoms. The van der Waals surface area contributed by atoms with E-state index in [1.807, 2.05) is 27.7 Å². The van der Waals surface area contributed by atoms with Gasteiger partial charge in [-0.1, -0.05) is 6.08 Å². The van der Waals surface area contributed by atoms with Gasteiger partial charge in [0.15, 0.2) is 0 Å². The molecule has 0 saturated heterocycles. The molecular weight excluding hydrogens is 248 g/mol. The molecule has 0 fully saturated rings. The van der Waals surface area contributed by atoms with Crippen LogP contribution in [-0.4, -0.2) is 34.1 Å².